The van der Waals surface area contributed by atoms with E-state index in [4.69, 9.17) is 0 Å². The number of amides is 2. The van der Waals surface area contributed by atoms with Crippen LogP contribution in [0, 0.1) is 6.92 Å². The van der Waals surface area contributed by atoms with E-state index in [0.717, 1.165) is 36.8 Å². The number of hydrogen-bond acceptors (Lipinski definition) is 5. The van der Waals surface area contributed by atoms with Crippen LogP contribution in [0.3, 0.4) is 0 Å². The first-order chi connectivity index (χ1) is 12.2. The van der Waals surface area contributed by atoms with Gasteiger partial charge in [0, 0.05) is 50.2 Å². The first kappa shape index (κ1) is 17.0. The van der Waals surface area contributed by atoms with Crippen molar-refractivity contribution in [3.63, 3.8) is 0 Å². The number of hydrogen-bond donors (Lipinski definition) is 2. The Balaban J connectivity index is 1.59. The highest BCUT2D eigenvalue weighted by molar-refractivity contribution is 5.89. The van der Waals surface area contributed by atoms with E-state index in [1.54, 1.807) is 0 Å². The first-order valence-electron chi connectivity index (χ1n) is 8.61. The largest absolute Gasteiger partial charge is 0.354 e. The molecule has 1 saturated heterocycles. The van der Waals surface area contributed by atoms with Crippen LogP contribution in [-0.2, 0) is 0 Å². The van der Waals surface area contributed by atoms with Gasteiger partial charge in [0.1, 0.15) is 5.82 Å². The number of aryl methyl sites for hydroxylation is 1. The quantitative estimate of drug-likeness (QED) is 0.895. The molecule has 2 N–H and O–H groups in total. The molecule has 3 rings (SSSR count). The highest BCUT2D eigenvalue weighted by Crippen LogP contribution is 2.17. The molecule has 1 aromatic heterocycles. The van der Waals surface area contributed by atoms with Gasteiger partial charge in [-0.15, -0.1) is 0 Å². The molecule has 25 heavy (non-hydrogen) atoms. The highest BCUT2D eigenvalue weighted by Gasteiger charge is 2.22. The van der Waals surface area contributed by atoms with Crippen molar-refractivity contribution in [3.8, 4) is 0 Å². The van der Waals surface area contributed by atoms with Crippen molar-refractivity contribution in [2.45, 2.75) is 13.8 Å². The minimum absolute atomic E-state index is 0.0574. The molecule has 0 saturated carbocycles. The van der Waals surface area contributed by atoms with Gasteiger partial charge in [0.2, 0.25) is 5.95 Å². The van der Waals surface area contributed by atoms with Crippen LogP contribution in [0.5, 0.6) is 0 Å². The highest BCUT2D eigenvalue weighted by atomic mass is 16.2. The van der Waals surface area contributed by atoms with Gasteiger partial charge in [0.15, 0.2) is 0 Å². The number of piperazine rings is 1. The van der Waals surface area contributed by atoms with Gasteiger partial charge in [0.25, 0.3) is 0 Å². The summed E-state index contributed by atoms with van der Waals surface area (Å²) in [6.07, 6.45) is 0. The summed E-state index contributed by atoms with van der Waals surface area (Å²) < 4.78 is 0. The van der Waals surface area contributed by atoms with Gasteiger partial charge in [-0.25, -0.2) is 9.78 Å². The van der Waals surface area contributed by atoms with Crippen LogP contribution < -0.4 is 15.5 Å². The fraction of sp³-hybridized carbons (Fsp3) is 0.389. The number of carbonyl (C=O) groups is 1. The lowest BCUT2D eigenvalue weighted by molar-refractivity contribution is 0.208. The molecule has 1 aliphatic rings. The van der Waals surface area contributed by atoms with Crippen molar-refractivity contribution in [2.75, 3.05) is 48.3 Å². The molecule has 0 spiro atoms. The Kier molecular flexibility index (Phi) is 5.33. The molecule has 0 bridgehead atoms. The minimum atomic E-state index is -0.0574. The molecule has 1 fully saturated rings. The molecule has 2 aromatic rings. The van der Waals surface area contributed by atoms with E-state index in [1.165, 1.54) is 0 Å². The number of carbonyl (C=O) groups excluding carboxylic acids is 1. The molecule has 7 nitrogen and oxygen atoms in total. The molecular formula is C18H24N6O. The maximum atomic E-state index is 12.4. The summed E-state index contributed by atoms with van der Waals surface area (Å²) in [5.41, 5.74) is 1.75. The number of para-hydroxylation sites is 1. The van der Waals surface area contributed by atoms with Crippen LogP contribution in [-0.4, -0.2) is 53.6 Å². The lowest BCUT2D eigenvalue weighted by Gasteiger charge is -2.35. The van der Waals surface area contributed by atoms with Gasteiger partial charge in [-0.1, -0.05) is 18.2 Å². The van der Waals surface area contributed by atoms with Crippen molar-refractivity contribution in [2.24, 2.45) is 0 Å². The van der Waals surface area contributed by atoms with Gasteiger partial charge in [0.05, 0.1) is 0 Å². The Morgan fingerprint density at radius 2 is 1.84 bits per heavy atom. The minimum Gasteiger partial charge on any atom is -0.354 e. The number of nitrogens with zero attached hydrogens (tertiary/aromatic N) is 4. The van der Waals surface area contributed by atoms with E-state index in [1.807, 2.05) is 55.1 Å². The molecular weight excluding hydrogens is 316 g/mol. The average molecular weight is 340 g/mol. The summed E-state index contributed by atoms with van der Waals surface area (Å²) >= 11 is 0. The predicted octanol–water partition coefficient (Wildman–Crippen LogP) is 2.57. The van der Waals surface area contributed by atoms with Gasteiger partial charge >= 0.3 is 6.03 Å². The standard InChI is InChI=1S/C18H24N6O/c1-3-19-17-20-14(2)13-16(22-17)23-9-11-24(12-10-23)18(25)21-15-7-5-4-6-8-15/h4-8,13H,3,9-12H2,1-2H3,(H,21,25)(H,19,20,22). The maximum Gasteiger partial charge on any atom is 0.321 e. The normalized spacial score (nSPS) is 14.3. The Hall–Kier alpha value is -2.83. The van der Waals surface area contributed by atoms with Crippen LogP contribution in [0.1, 0.15) is 12.6 Å². The van der Waals surface area contributed by atoms with Crippen LogP contribution in [0.2, 0.25) is 0 Å². The summed E-state index contributed by atoms with van der Waals surface area (Å²) in [6, 6.07) is 11.5. The third-order valence-corrected chi connectivity index (χ3v) is 4.09. The summed E-state index contributed by atoms with van der Waals surface area (Å²) in [5, 5.41) is 6.09. The summed E-state index contributed by atoms with van der Waals surface area (Å²) in [4.78, 5) is 25.4. The average Bonchev–Trinajstić information content (AvgIpc) is 2.62. The van der Waals surface area contributed by atoms with Gasteiger partial charge < -0.3 is 20.4 Å². The third-order valence-electron chi connectivity index (χ3n) is 4.09. The molecule has 2 amide bonds. The number of urea groups is 1. The summed E-state index contributed by atoms with van der Waals surface area (Å²) in [7, 11) is 0. The van der Waals surface area contributed by atoms with E-state index in [-0.39, 0.29) is 6.03 Å². The summed E-state index contributed by atoms with van der Waals surface area (Å²) in [6.45, 7) is 7.62. The third kappa shape index (κ3) is 4.37. The predicted molar refractivity (Wildman–Crippen MR) is 100 cm³/mol. The Morgan fingerprint density at radius 1 is 1.12 bits per heavy atom. The van der Waals surface area contributed by atoms with Crippen LogP contribution in [0.4, 0.5) is 22.2 Å². The molecule has 2 heterocycles. The second-order valence-electron chi connectivity index (χ2n) is 5.99. The molecule has 1 aromatic carbocycles. The van der Waals surface area contributed by atoms with E-state index in [9.17, 15) is 4.79 Å². The number of anilines is 3. The van der Waals surface area contributed by atoms with Crippen molar-refractivity contribution in [1.82, 2.24) is 14.9 Å². The zero-order chi connectivity index (χ0) is 17.6. The molecule has 132 valence electrons. The van der Waals surface area contributed by atoms with Crippen LogP contribution >= 0.6 is 0 Å². The van der Waals surface area contributed by atoms with Crippen LogP contribution in [0.25, 0.3) is 0 Å². The molecule has 0 unspecified atom stereocenters. The zero-order valence-electron chi connectivity index (χ0n) is 14.7. The number of aromatic nitrogens is 2. The van der Waals surface area contributed by atoms with E-state index in [0.29, 0.717) is 19.0 Å². The topological polar surface area (TPSA) is 73.4 Å². The molecule has 0 aliphatic carbocycles. The van der Waals surface area contributed by atoms with E-state index < -0.39 is 0 Å². The van der Waals surface area contributed by atoms with E-state index >= 15 is 0 Å². The maximum absolute atomic E-state index is 12.4. The first-order valence-corrected chi connectivity index (χ1v) is 8.61. The Bertz CT molecular complexity index is 713. The Morgan fingerprint density at radius 3 is 2.52 bits per heavy atom. The zero-order valence-corrected chi connectivity index (χ0v) is 14.7. The SMILES string of the molecule is CCNc1nc(C)cc(N2CCN(C(=O)Nc3ccccc3)CC2)n1. The van der Waals surface area contributed by atoms with Gasteiger partial charge in [-0.2, -0.15) is 4.98 Å². The van der Waals surface area contributed by atoms with Crippen molar-refractivity contribution in [1.29, 1.82) is 0 Å². The molecule has 1 aliphatic heterocycles. The van der Waals surface area contributed by atoms with E-state index in [2.05, 4.69) is 25.5 Å². The van der Waals surface area contributed by atoms with Crippen molar-refractivity contribution < 1.29 is 4.79 Å². The smallest absolute Gasteiger partial charge is 0.321 e. The summed E-state index contributed by atoms with van der Waals surface area (Å²) in [5.74, 6) is 1.56. The fourth-order valence-corrected chi connectivity index (χ4v) is 2.81. The second kappa shape index (κ2) is 7.83. The number of nitrogens with one attached hydrogen (secondary N) is 2. The second-order valence-corrected chi connectivity index (χ2v) is 5.99. The molecule has 0 radical (unpaired) electrons. The number of benzene rings is 1. The lowest BCUT2D eigenvalue weighted by atomic mass is 10.3. The monoisotopic (exact) mass is 340 g/mol. The molecule has 7 heteroatoms. The Labute approximate surface area is 148 Å². The lowest BCUT2D eigenvalue weighted by Crippen LogP contribution is -2.50. The van der Waals surface area contributed by atoms with Gasteiger partial charge in [-0.05, 0) is 26.0 Å². The molecule has 0 atom stereocenters. The fourth-order valence-electron chi connectivity index (χ4n) is 2.81. The van der Waals surface area contributed by atoms with Gasteiger partial charge in [-0.3, -0.25) is 0 Å². The van der Waals surface area contributed by atoms with Crippen molar-refractivity contribution >= 4 is 23.5 Å². The number of rotatable bonds is 4. The van der Waals surface area contributed by atoms with Crippen molar-refractivity contribution in [3.05, 3.63) is 42.1 Å². The van der Waals surface area contributed by atoms with Crippen LogP contribution in [0.15, 0.2) is 36.4 Å².